The summed E-state index contributed by atoms with van der Waals surface area (Å²) in [5.74, 6) is 1.34. The van der Waals surface area contributed by atoms with E-state index in [2.05, 4.69) is 15.2 Å². The van der Waals surface area contributed by atoms with Crippen molar-refractivity contribution in [2.75, 3.05) is 42.5 Å². The number of hydrogen-bond acceptors (Lipinski definition) is 6. The molecule has 0 spiro atoms. The lowest BCUT2D eigenvalue weighted by molar-refractivity contribution is -0.137. The highest BCUT2D eigenvalue weighted by Crippen LogP contribution is 2.32. The van der Waals surface area contributed by atoms with Crippen molar-refractivity contribution >= 4 is 29.2 Å². The third-order valence-electron chi connectivity index (χ3n) is 5.86. The summed E-state index contributed by atoms with van der Waals surface area (Å²) in [6, 6.07) is 14.9. The summed E-state index contributed by atoms with van der Waals surface area (Å²) in [6.07, 6.45) is -4.35. The Bertz CT molecular complexity index is 1210. The predicted octanol–water partition coefficient (Wildman–Crippen LogP) is 5.17. The van der Waals surface area contributed by atoms with Crippen LogP contribution in [0.3, 0.4) is 0 Å². The predicted molar refractivity (Wildman–Crippen MR) is 137 cm³/mol. The molecule has 36 heavy (non-hydrogen) atoms. The minimum absolute atomic E-state index is 0.0947. The Balaban J connectivity index is 1.39. The first kappa shape index (κ1) is 25.8. The summed E-state index contributed by atoms with van der Waals surface area (Å²) in [7, 11) is 0. The summed E-state index contributed by atoms with van der Waals surface area (Å²) < 4.78 is 39.3. The van der Waals surface area contributed by atoms with Gasteiger partial charge in [0.2, 0.25) is 0 Å². The number of halogens is 3. The first-order valence-corrected chi connectivity index (χ1v) is 12.7. The van der Waals surface area contributed by atoms with E-state index in [9.17, 15) is 18.0 Å². The minimum Gasteiger partial charge on any atom is -0.368 e. The molecule has 1 amide bonds. The molecule has 0 atom stereocenters. The van der Waals surface area contributed by atoms with Gasteiger partial charge in [-0.25, -0.2) is 9.97 Å². The van der Waals surface area contributed by atoms with E-state index in [1.165, 1.54) is 23.9 Å². The van der Waals surface area contributed by atoms with Crippen molar-refractivity contribution in [3.05, 3.63) is 77.0 Å². The Morgan fingerprint density at radius 2 is 1.72 bits per heavy atom. The van der Waals surface area contributed by atoms with Crippen molar-refractivity contribution in [3.63, 3.8) is 0 Å². The first-order chi connectivity index (χ1) is 17.2. The van der Waals surface area contributed by atoms with Crippen LogP contribution in [0.5, 0.6) is 0 Å². The van der Waals surface area contributed by atoms with E-state index in [1.54, 1.807) is 12.1 Å². The highest BCUT2D eigenvalue weighted by atomic mass is 32.2. The van der Waals surface area contributed by atoms with Gasteiger partial charge in [-0.2, -0.15) is 13.2 Å². The normalized spacial score (nSPS) is 14.1. The van der Waals surface area contributed by atoms with Gasteiger partial charge in [0.25, 0.3) is 5.91 Å². The molecule has 1 aromatic heterocycles. The quantitative estimate of drug-likeness (QED) is 0.346. The van der Waals surface area contributed by atoms with E-state index in [0.29, 0.717) is 54.9 Å². The molecule has 190 valence electrons. The van der Waals surface area contributed by atoms with Crippen molar-refractivity contribution in [2.24, 2.45) is 0 Å². The van der Waals surface area contributed by atoms with Gasteiger partial charge in [-0.15, -0.1) is 0 Å². The van der Waals surface area contributed by atoms with E-state index in [1.807, 2.05) is 43.0 Å². The topological polar surface area (TPSA) is 61.4 Å². The molecular weight excluding hydrogens is 487 g/mol. The minimum atomic E-state index is -4.35. The number of alkyl halides is 3. The molecule has 0 radical (unpaired) electrons. The second kappa shape index (κ2) is 11.2. The number of amides is 1. The summed E-state index contributed by atoms with van der Waals surface area (Å²) in [6.45, 7) is 6.86. The van der Waals surface area contributed by atoms with Crippen LogP contribution in [0.4, 0.5) is 24.7 Å². The van der Waals surface area contributed by atoms with Crippen LogP contribution in [-0.2, 0) is 11.9 Å². The van der Waals surface area contributed by atoms with E-state index < -0.39 is 11.7 Å². The van der Waals surface area contributed by atoms with Crippen LogP contribution in [0.1, 0.15) is 34.1 Å². The lowest BCUT2D eigenvalue weighted by Gasteiger charge is -2.37. The maximum absolute atomic E-state index is 13.1. The molecule has 4 rings (SSSR count). The Kier molecular flexibility index (Phi) is 8.03. The SMILES string of the molecule is CCNC(=O)c1cccc(CSc2nc(C)cc(N3CCN(c4cccc(C(F)(F)F)c4)CC3)n2)c1. The van der Waals surface area contributed by atoms with Crippen molar-refractivity contribution in [2.45, 2.75) is 30.9 Å². The number of thioether (sulfide) groups is 1. The molecule has 2 heterocycles. The van der Waals surface area contributed by atoms with Crippen molar-refractivity contribution in [1.82, 2.24) is 15.3 Å². The Labute approximate surface area is 212 Å². The summed E-state index contributed by atoms with van der Waals surface area (Å²) in [5, 5.41) is 3.45. The number of anilines is 2. The van der Waals surface area contributed by atoms with Crippen LogP contribution in [0, 0.1) is 6.92 Å². The standard InChI is InChI=1S/C26H28F3N5OS/c1-3-30-24(35)20-7-4-6-19(15-20)17-36-25-31-18(2)14-23(32-25)34-12-10-33(11-13-34)22-9-5-8-21(16-22)26(27,28)29/h4-9,14-16H,3,10-13,17H2,1-2H3,(H,30,35). The molecule has 1 saturated heterocycles. The van der Waals surface area contributed by atoms with Gasteiger partial charge in [0.15, 0.2) is 5.16 Å². The second-order valence-corrected chi connectivity index (χ2v) is 9.46. The first-order valence-electron chi connectivity index (χ1n) is 11.8. The van der Waals surface area contributed by atoms with Crippen LogP contribution in [0.2, 0.25) is 0 Å². The van der Waals surface area contributed by atoms with Crippen LogP contribution in [0.15, 0.2) is 59.8 Å². The van der Waals surface area contributed by atoms with Gasteiger partial charge < -0.3 is 15.1 Å². The maximum Gasteiger partial charge on any atom is 0.416 e. The Morgan fingerprint density at radius 3 is 2.44 bits per heavy atom. The van der Waals surface area contributed by atoms with E-state index in [-0.39, 0.29) is 5.91 Å². The third kappa shape index (κ3) is 6.48. The molecule has 10 heteroatoms. The number of nitrogens with one attached hydrogen (secondary N) is 1. The molecule has 1 N–H and O–H groups in total. The Morgan fingerprint density at radius 1 is 1.00 bits per heavy atom. The molecule has 6 nitrogen and oxygen atoms in total. The average molecular weight is 516 g/mol. The number of carbonyl (C=O) groups is 1. The fourth-order valence-electron chi connectivity index (χ4n) is 4.04. The molecule has 1 aliphatic rings. The number of aryl methyl sites for hydroxylation is 1. The van der Waals surface area contributed by atoms with Crippen LogP contribution in [-0.4, -0.2) is 48.6 Å². The fraction of sp³-hybridized carbons (Fsp3) is 0.346. The molecule has 0 aliphatic carbocycles. The summed E-state index contributed by atoms with van der Waals surface area (Å²) >= 11 is 1.50. The van der Waals surface area contributed by atoms with Gasteiger partial charge in [0.1, 0.15) is 5.82 Å². The maximum atomic E-state index is 13.1. The van der Waals surface area contributed by atoms with Gasteiger partial charge in [0.05, 0.1) is 5.56 Å². The van der Waals surface area contributed by atoms with Gasteiger partial charge >= 0.3 is 6.18 Å². The van der Waals surface area contributed by atoms with Crippen LogP contribution < -0.4 is 15.1 Å². The largest absolute Gasteiger partial charge is 0.416 e. The highest BCUT2D eigenvalue weighted by Gasteiger charge is 2.31. The van der Waals surface area contributed by atoms with Crippen LogP contribution in [0.25, 0.3) is 0 Å². The highest BCUT2D eigenvalue weighted by molar-refractivity contribution is 7.98. The van der Waals surface area contributed by atoms with E-state index >= 15 is 0 Å². The van der Waals surface area contributed by atoms with Crippen LogP contribution >= 0.6 is 11.8 Å². The molecule has 1 fully saturated rings. The van der Waals surface area contributed by atoms with Gasteiger partial charge in [-0.1, -0.05) is 30.0 Å². The van der Waals surface area contributed by atoms with E-state index in [4.69, 9.17) is 4.98 Å². The molecule has 1 aliphatic heterocycles. The Hall–Kier alpha value is -3.27. The molecule has 0 bridgehead atoms. The smallest absolute Gasteiger partial charge is 0.368 e. The number of rotatable bonds is 7. The molecule has 0 unspecified atom stereocenters. The molecule has 0 saturated carbocycles. The van der Waals surface area contributed by atoms with Gasteiger partial charge in [-0.05, 0) is 49.7 Å². The zero-order valence-electron chi connectivity index (χ0n) is 20.2. The lowest BCUT2D eigenvalue weighted by Crippen LogP contribution is -2.47. The zero-order valence-corrected chi connectivity index (χ0v) is 21.0. The summed E-state index contributed by atoms with van der Waals surface area (Å²) in [5.41, 5.74) is 2.42. The number of benzene rings is 2. The number of hydrogen-bond donors (Lipinski definition) is 1. The summed E-state index contributed by atoms with van der Waals surface area (Å²) in [4.78, 5) is 25.5. The van der Waals surface area contributed by atoms with Crippen molar-refractivity contribution in [1.29, 1.82) is 0 Å². The van der Waals surface area contributed by atoms with E-state index in [0.717, 1.165) is 23.1 Å². The third-order valence-corrected chi connectivity index (χ3v) is 6.78. The zero-order chi connectivity index (χ0) is 25.7. The molecular formula is C26H28F3N5OS. The number of nitrogens with zero attached hydrogens (tertiary/aromatic N) is 4. The van der Waals surface area contributed by atoms with Gasteiger partial charge in [0, 0.05) is 61.5 Å². The molecule has 3 aromatic rings. The van der Waals surface area contributed by atoms with Crippen molar-refractivity contribution in [3.8, 4) is 0 Å². The van der Waals surface area contributed by atoms with Gasteiger partial charge in [-0.3, -0.25) is 4.79 Å². The molecule has 2 aromatic carbocycles. The fourth-order valence-corrected chi connectivity index (χ4v) is 4.88. The second-order valence-electron chi connectivity index (χ2n) is 8.52. The number of aromatic nitrogens is 2. The monoisotopic (exact) mass is 515 g/mol. The number of carbonyl (C=O) groups excluding carboxylic acids is 1. The number of piperazine rings is 1. The van der Waals surface area contributed by atoms with Crippen molar-refractivity contribution < 1.29 is 18.0 Å². The lowest BCUT2D eigenvalue weighted by atomic mass is 10.1. The average Bonchev–Trinajstić information content (AvgIpc) is 2.87.